The molecular formula is C17H18Cl2N3+. The molecule has 0 aromatic carbocycles. The molecule has 1 N–H and O–H groups in total. The fourth-order valence-electron chi connectivity index (χ4n) is 3.47. The van der Waals surface area contributed by atoms with Crippen LogP contribution >= 0.6 is 23.2 Å². The van der Waals surface area contributed by atoms with Gasteiger partial charge in [-0.15, -0.1) is 0 Å². The average Bonchev–Trinajstić information content (AvgIpc) is 2.86. The van der Waals surface area contributed by atoms with E-state index in [1.165, 1.54) is 5.71 Å². The molecule has 0 unspecified atom stereocenters. The fourth-order valence-corrected chi connectivity index (χ4v) is 3.69. The van der Waals surface area contributed by atoms with Crippen LogP contribution in [-0.2, 0) is 5.41 Å². The number of halogens is 2. The van der Waals surface area contributed by atoms with Crippen molar-refractivity contribution in [1.82, 2.24) is 9.97 Å². The van der Waals surface area contributed by atoms with Crippen molar-refractivity contribution in [1.29, 1.82) is 0 Å². The fraction of sp³-hybridized carbons (Fsp3) is 0.353. The molecule has 0 saturated heterocycles. The molecule has 1 atom stereocenters. The first-order chi connectivity index (χ1) is 10.6. The van der Waals surface area contributed by atoms with Gasteiger partial charge in [-0.2, -0.15) is 0 Å². The van der Waals surface area contributed by atoms with Gasteiger partial charge in [-0.1, -0.05) is 42.3 Å². The Morgan fingerprint density at radius 1 is 1.09 bits per heavy atom. The van der Waals surface area contributed by atoms with E-state index in [0.29, 0.717) is 16.3 Å². The standard InChI is InChI=1S/C17H17Cl2N3/c1-3-14-17(8-11(2)22-14,12-4-6-15(18)20-9-12)13-5-7-16(19)21-10-13/h4-7,9-11H,3,8H2,1-2H3/p+1/t11-/m0/s1. The summed E-state index contributed by atoms with van der Waals surface area (Å²) in [6, 6.07) is 8.19. The molecule has 114 valence electrons. The van der Waals surface area contributed by atoms with Crippen LogP contribution in [0.3, 0.4) is 0 Å². The average molecular weight is 335 g/mol. The second-order valence-corrected chi connectivity index (χ2v) is 6.50. The Bertz CT molecular complexity index is 647. The number of pyridine rings is 2. The summed E-state index contributed by atoms with van der Waals surface area (Å²) >= 11 is 11.9. The summed E-state index contributed by atoms with van der Waals surface area (Å²) < 4.78 is 0. The van der Waals surface area contributed by atoms with Gasteiger partial charge < -0.3 is 0 Å². The number of hydrogen-bond acceptors (Lipinski definition) is 2. The molecule has 0 bridgehead atoms. The maximum absolute atomic E-state index is 5.97. The van der Waals surface area contributed by atoms with Gasteiger partial charge in [-0.3, -0.25) is 0 Å². The van der Waals surface area contributed by atoms with E-state index in [1.807, 2.05) is 24.5 Å². The van der Waals surface area contributed by atoms with E-state index < -0.39 is 0 Å². The van der Waals surface area contributed by atoms with E-state index in [9.17, 15) is 0 Å². The van der Waals surface area contributed by atoms with E-state index in [1.54, 1.807) is 0 Å². The summed E-state index contributed by atoms with van der Waals surface area (Å²) in [5.41, 5.74) is 3.32. The van der Waals surface area contributed by atoms with E-state index >= 15 is 0 Å². The summed E-state index contributed by atoms with van der Waals surface area (Å²) in [6.45, 7) is 4.37. The highest BCUT2D eigenvalue weighted by Gasteiger charge is 2.49. The van der Waals surface area contributed by atoms with Gasteiger partial charge in [0.2, 0.25) is 0 Å². The van der Waals surface area contributed by atoms with Gasteiger partial charge in [0.25, 0.3) is 0 Å². The molecule has 2 aromatic rings. The maximum Gasteiger partial charge on any atom is 0.166 e. The van der Waals surface area contributed by atoms with Gasteiger partial charge in [-0.05, 0) is 30.2 Å². The van der Waals surface area contributed by atoms with Gasteiger partial charge in [0.15, 0.2) is 5.71 Å². The number of nitrogens with zero attached hydrogens (tertiary/aromatic N) is 2. The lowest BCUT2D eigenvalue weighted by Crippen LogP contribution is -2.75. The summed E-state index contributed by atoms with van der Waals surface area (Å²) in [6.07, 6.45) is 5.64. The largest absolute Gasteiger partial charge is 0.246 e. The Morgan fingerprint density at radius 3 is 2.05 bits per heavy atom. The van der Waals surface area contributed by atoms with Gasteiger partial charge in [-0.25, -0.2) is 15.0 Å². The molecule has 0 spiro atoms. The predicted molar refractivity (Wildman–Crippen MR) is 89.6 cm³/mol. The van der Waals surface area contributed by atoms with Crippen molar-refractivity contribution in [2.75, 3.05) is 0 Å². The summed E-state index contributed by atoms with van der Waals surface area (Å²) in [5.74, 6) is 0. The number of hydrogen-bond donors (Lipinski definition) is 1. The van der Waals surface area contributed by atoms with Gasteiger partial charge in [0.1, 0.15) is 21.8 Å². The van der Waals surface area contributed by atoms with Crippen molar-refractivity contribution in [2.24, 2.45) is 0 Å². The highest BCUT2D eigenvalue weighted by molar-refractivity contribution is 6.29. The second kappa shape index (κ2) is 5.98. The quantitative estimate of drug-likeness (QED) is 0.876. The number of aromatic nitrogens is 2. The van der Waals surface area contributed by atoms with Crippen molar-refractivity contribution < 1.29 is 4.99 Å². The first-order valence-electron chi connectivity index (χ1n) is 7.43. The summed E-state index contributed by atoms with van der Waals surface area (Å²) in [4.78, 5) is 12.2. The van der Waals surface area contributed by atoms with Gasteiger partial charge >= 0.3 is 0 Å². The van der Waals surface area contributed by atoms with E-state index in [0.717, 1.165) is 24.0 Å². The maximum atomic E-state index is 5.97. The van der Waals surface area contributed by atoms with Crippen LogP contribution in [0, 0.1) is 0 Å². The molecule has 1 aliphatic rings. The third kappa shape index (κ3) is 2.53. The zero-order valence-corrected chi connectivity index (χ0v) is 14.1. The zero-order valence-electron chi connectivity index (χ0n) is 12.6. The highest BCUT2D eigenvalue weighted by Crippen LogP contribution is 2.39. The van der Waals surface area contributed by atoms with E-state index in [-0.39, 0.29) is 5.41 Å². The Labute approximate surface area is 140 Å². The minimum Gasteiger partial charge on any atom is -0.246 e. The Hall–Kier alpha value is -1.45. The third-order valence-electron chi connectivity index (χ3n) is 4.34. The second-order valence-electron chi connectivity index (χ2n) is 5.73. The first-order valence-corrected chi connectivity index (χ1v) is 8.18. The van der Waals surface area contributed by atoms with Crippen LogP contribution in [0.15, 0.2) is 36.7 Å². The monoisotopic (exact) mass is 334 g/mol. The molecule has 3 nitrogen and oxygen atoms in total. The van der Waals surface area contributed by atoms with Crippen LogP contribution in [0.4, 0.5) is 0 Å². The lowest BCUT2D eigenvalue weighted by Gasteiger charge is -2.28. The molecule has 3 rings (SSSR count). The lowest BCUT2D eigenvalue weighted by atomic mass is 9.69. The Morgan fingerprint density at radius 2 is 1.64 bits per heavy atom. The molecular weight excluding hydrogens is 317 g/mol. The highest BCUT2D eigenvalue weighted by atomic mass is 35.5. The minimum atomic E-state index is -0.233. The van der Waals surface area contributed by atoms with Crippen LogP contribution in [0.2, 0.25) is 10.3 Å². The first kappa shape index (κ1) is 15.4. The SMILES string of the molecule is CCC1=[NH+][C@@H](C)CC1(c1ccc(Cl)nc1)c1ccc(Cl)nc1. The third-order valence-corrected chi connectivity index (χ3v) is 4.79. The smallest absolute Gasteiger partial charge is 0.166 e. The van der Waals surface area contributed by atoms with Crippen molar-refractivity contribution in [3.63, 3.8) is 0 Å². The molecule has 0 radical (unpaired) electrons. The molecule has 1 aliphatic heterocycles. The van der Waals surface area contributed by atoms with Crippen LogP contribution in [0.5, 0.6) is 0 Å². The van der Waals surface area contributed by atoms with Crippen molar-refractivity contribution in [3.05, 3.63) is 58.1 Å². The molecule has 0 aliphatic carbocycles. The van der Waals surface area contributed by atoms with Gasteiger partial charge in [0.05, 0.1) is 0 Å². The van der Waals surface area contributed by atoms with Crippen molar-refractivity contribution >= 4 is 28.9 Å². The van der Waals surface area contributed by atoms with E-state index in [4.69, 9.17) is 23.2 Å². The summed E-state index contributed by atoms with van der Waals surface area (Å²) in [7, 11) is 0. The van der Waals surface area contributed by atoms with Crippen LogP contribution in [0.1, 0.15) is 37.8 Å². The Kier molecular flexibility index (Phi) is 4.20. The van der Waals surface area contributed by atoms with Gasteiger partial charge in [0, 0.05) is 25.2 Å². The number of rotatable bonds is 3. The molecule has 0 fully saturated rings. The molecule has 22 heavy (non-hydrogen) atoms. The molecule has 0 saturated carbocycles. The molecule has 3 heterocycles. The molecule has 2 aromatic heterocycles. The van der Waals surface area contributed by atoms with Crippen LogP contribution < -0.4 is 4.99 Å². The minimum absolute atomic E-state index is 0.233. The van der Waals surface area contributed by atoms with Crippen molar-refractivity contribution in [3.8, 4) is 0 Å². The van der Waals surface area contributed by atoms with Crippen LogP contribution in [0.25, 0.3) is 0 Å². The van der Waals surface area contributed by atoms with Crippen LogP contribution in [-0.4, -0.2) is 21.7 Å². The predicted octanol–water partition coefficient (Wildman–Crippen LogP) is 2.79. The van der Waals surface area contributed by atoms with E-state index in [2.05, 4.69) is 40.9 Å². The summed E-state index contributed by atoms with van der Waals surface area (Å²) in [5, 5.41) is 1.01. The topological polar surface area (TPSA) is 39.8 Å². The molecule has 5 heteroatoms. The van der Waals surface area contributed by atoms with Crippen molar-refractivity contribution in [2.45, 2.75) is 38.1 Å². The zero-order chi connectivity index (χ0) is 15.7. The normalized spacial score (nSPS) is 20.0. The number of nitrogens with one attached hydrogen (secondary N) is 1. The lowest BCUT2D eigenvalue weighted by molar-refractivity contribution is -0.489. The Balaban J connectivity index is 2.21. The molecule has 0 amide bonds.